The number of alkyl halides is 2. The van der Waals surface area contributed by atoms with E-state index in [-0.39, 0.29) is 49.8 Å². The lowest BCUT2D eigenvalue weighted by Crippen LogP contribution is -2.71. The van der Waals surface area contributed by atoms with Gasteiger partial charge in [-0.2, -0.15) is 0 Å². The average Bonchev–Trinajstić information content (AvgIpc) is 2.85. The van der Waals surface area contributed by atoms with Crippen LogP contribution in [-0.2, 0) is 23.8 Å². The monoisotopic (exact) mass is 516 g/mol. The Morgan fingerprint density at radius 1 is 1.06 bits per heavy atom. The number of carbonyl (C=O) groups is 2. The zero-order valence-corrected chi connectivity index (χ0v) is 20.9. The molecular weight excluding hydrogens is 479 g/mol. The third-order valence-electron chi connectivity index (χ3n) is 8.93. The summed E-state index contributed by atoms with van der Waals surface area (Å²) in [7, 11) is 0. The van der Waals surface area contributed by atoms with E-state index < -0.39 is 34.8 Å². The molecule has 0 radical (unpaired) electrons. The Hall–Kier alpha value is -1.00. The van der Waals surface area contributed by atoms with Gasteiger partial charge in [0.1, 0.15) is 12.8 Å². The number of carbonyl (C=O) groups excluding carboxylic acids is 2. The molecule has 0 aromatic heterocycles. The number of ether oxygens (including phenoxy) is 3. The van der Waals surface area contributed by atoms with Crippen LogP contribution in [0.4, 0.5) is 4.39 Å². The van der Waals surface area contributed by atoms with Gasteiger partial charge in [0, 0.05) is 12.0 Å². The van der Waals surface area contributed by atoms with Gasteiger partial charge in [0.15, 0.2) is 6.10 Å². The maximum Gasteiger partial charge on any atom is 0.252 e. The Kier molecular flexibility index (Phi) is 7.62. The molecule has 3 N–H and O–H groups in total. The predicted molar refractivity (Wildman–Crippen MR) is 126 cm³/mol. The van der Waals surface area contributed by atoms with Crippen molar-refractivity contribution >= 4 is 23.4 Å². The maximum absolute atomic E-state index is 13.8. The third-order valence-corrected chi connectivity index (χ3v) is 9.42. The molecule has 0 spiro atoms. The first-order chi connectivity index (χ1) is 16.8. The molecule has 5 saturated carbocycles. The first-order valence-electron chi connectivity index (χ1n) is 13.3. The second kappa shape index (κ2) is 10.4. The number of rotatable bonds is 6. The summed E-state index contributed by atoms with van der Waals surface area (Å²) in [5.74, 6) is -0.480. The summed E-state index contributed by atoms with van der Waals surface area (Å²) >= 11 is 5.92. The minimum Gasteiger partial charge on any atom is -0.391 e. The molecule has 5 unspecified atom stereocenters. The van der Waals surface area contributed by atoms with E-state index >= 15 is 0 Å². The van der Waals surface area contributed by atoms with Crippen LogP contribution in [0, 0.1) is 0 Å². The van der Waals surface area contributed by atoms with E-state index in [1.165, 1.54) is 0 Å². The van der Waals surface area contributed by atoms with Crippen LogP contribution < -0.4 is 10.6 Å². The summed E-state index contributed by atoms with van der Waals surface area (Å²) in [6, 6.07) is 0. The van der Waals surface area contributed by atoms with E-state index in [4.69, 9.17) is 25.8 Å². The van der Waals surface area contributed by atoms with Gasteiger partial charge in [-0.1, -0.05) is 12.8 Å². The minimum atomic E-state index is -1.11. The summed E-state index contributed by atoms with van der Waals surface area (Å²) in [5.41, 5.74) is -1.22. The van der Waals surface area contributed by atoms with Crippen LogP contribution in [0.5, 0.6) is 0 Å². The van der Waals surface area contributed by atoms with E-state index in [1.807, 2.05) is 0 Å². The van der Waals surface area contributed by atoms with E-state index in [1.54, 1.807) is 0 Å². The minimum absolute atomic E-state index is 0.0285. The predicted octanol–water partition coefficient (Wildman–Crippen LogP) is 2.28. The molecular formula is C25H38ClFN2O6. The molecule has 2 amide bonds. The van der Waals surface area contributed by atoms with Gasteiger partial charge in [-0.3, -0.25) is 9.59 Å². The quantitative estimate of drug-likeness (QED) is 0.468. The fourth-order valence-electron chi connectivity index (χ4n) is 6.71. The van der Waals surface area contributed by atoms with Crippen molar-refractivity contribution in [1.82, 2.24) is 10.6 Å². The van der Waals surface area contributed by atoms with Crippen molar-refractivity contribution in [3.8, 4) is 0 Å². The molecule has 35 heavy (non-hydrogen) atoms. The van der Waals surface area contributed by atoms with Crippen molar-refractivity contribution in [1.29, 1.82) is 0 Å². The maximum atomic E-state index is 13.8. The molecule has 5 aliphatic carbocycles. The Morgan fingerprint density at radius 3 is 2.51 bits per heavy atom. The first-order valence-corrected chi connectivity index (χ1v) is 13.7. The Balaban J connectivity index is 1.10. The van der Waals surface area contributed by atoms with E-state index in [2.05, 4.69) is 10.6 Å². The topological polar surface area (TPSA) is 106 Å². The molecule has 6 rings (SSSR count). The lowest BCUT2D eigenvalue weighted by molar-refractivity contribution is -0.198. The number of amides is 2. The van der Waals surface area contributed by atoms with Crippen LogP contribution in [-0.4, -0.2) is 83.3 Å². The van der Waals surface area contributed by atoms with Gasteiger partial charge in [-0.15, -0.1) is 11.6 Å². The lowest BCUT2D eigenvalue weighted by atomic mass is 9.60. The van der Waals surface area contributed by atoms with Crippen molar-refractivity contribution in [3.63, 3.8) is 0 Å². The summed E-state index contributed by atoms with van der Waals surface area (Å²) in [6.45, 7) is 0.111. The van der Waals surface area contributed by atoms with Gasteiger partial charge in [0.05, 0.1) is 41.9 Å². The highest BCUT2D eigenvalue weighted by atomic mass is 35.5. The standard InChI is InChI=1S/C25H38ClFN2O6/c26-16-6-5-15(11-17(16)27)33-14-22(31)28-24-7-9-25(10-8-24,21(30)12-24)29-23(32)20-13-34-18-3-1-2-4-19(18)35-20/h15-21,30H,1-14H2,(H,28,31)(H,29,32)/t15?,16?,17?,18?,19?,20-,21+,24?,25?/m1/s1. The van der Waals surface area contributed by atoms with Gasteiger partial charge in [0.25, 0.3) is 5.91 Å². The molecule has 1 aliphatic heterocycles. The molecule has 8 nitrogen and oxygen atoms in total. The molecule has 0 aromatic rings. The van der Waals surface area contributed by atoms with Gasteiger partial charge >= 0.3 is 0 Å². The van der Waals surface area contributed by atoms with Crippen LogP contribution in [0.2, 0.25) is 0 Å². The lowest BCUT2D eigenvalue weighted by Gasteiger charge is -2.56. The zero-order valence-electron chi connectivity index (χ0n) is 20.2. The number of aliphatic hydroxyl groups is 1. The highest BCUT2D eigenvalue weighted by Gasteiger charge is 2.56. The van der Waals surface area contributed by atoms with Crippen molar-refractivity contribution in [2.24, 2.45) is 0 Å². The number of nitrogens with one attached hydrogen (secondary N) is 2. The van der Waals surface area contributed by atoms with Crippen LogP contribution in [0.25, 0.3) is 0 Å². The fraction of sp³-hybridized carbons (Fsp3) is 0.920. The van der Waals surface area contributed by atoms with E-state index in [0.29, 0.717) is 44.9 Å². The highest BCUT2D eigenvalue weighted by molar-refractivity contribution is 6.21. The van der Waals surface area contributed by atoms with Gasteiger partial charge < -0.3 is 30.0 Å². The Morgan fingerprint density at radius 2 is 1.80 bits per heavy atom. The van der Waals surface area contributed by atoms with Gasteiger partial charge in [0.2, 0.25) is 5.91 Å². The zero-order chi connectivity index (χ0) is 24.6. The smallest absolute Gasteiger partial charge is 0.252 e. The molecule has 10 heteroatoms. The molecule has 198 valence electrons. The fourth-order valence-corrected chi connectivity index (χ4v) is 6.94. The number of hydrogen-bond acceptors (Lipinski definition) is 6. The Bertz CT molecular complexity index is 794. The second-order valence-corrected chi connectivity index (χ2v) is 11.9. The number of hydrogen-bond donors (Lipinski definition) is 3. The van der Waals surface area contributed by atoms with E-state index in [9.17, 15) is 19.1 Å². The average molecular weight is 517 g/mol. The molecule has 7 atom stereocenters. The highest BCUT2D eigenvalue weighted by Crippen LogP contribution is 2.47. The SMILES string of the molecule is O=C(COC1CCC(Cl)C(F)C1)NC12CCC(NC(=O)[C@H]3COC4CCCCC4O3)(CC1)[C@@H](O)C2. The summed E-state index contributed by atoms with van der Waals surface area (Å²) < 4.78 is 31.5. The van der Waals surface area contributed by atoms with Crippen LogP contribution in [0.1, 0.15) is 77.0 Å². The largest absolute Gasteiger partial charge is 0.391 e. The summed E-state index contributed by atoms with van der Waals surface area (Å²) in [5, 5.41) is 16.7. The third kappa shape index (κ3) is 5.49. The summed E-state index contributed by atoms with van der Waals surface area (Å²) in [4.78, 5) is 25.7. The van der Waals surface area contributed by atoms with Crippen molar-refractivity contribution < 1.29 is 33.3 Å². The molecule has 1 heterocycles. The first kappa shape index (κ1) is 25.6. The van der Waals surface area contributed by atoms with Crippen LogP contribution >= 0.6 is 11.6 Å². The van der Waals surface area contributed by atoms with Crippen molar-refractivity contribution in [3.05, 3.63) is 0 Å². The van der Waals surface area contributed by atoms with Crippen molar-refractivity contribution in [2.45, 2.75) is 130 Å². The molecule has 6 aliphatic rings. The van der Waals surface area contributed by atoms with E-state index in [0.717, 1.165) is 25.7 Å². The van der Waals surface area contributed by atoms with Gasteiger partial charge in [-0.25, -0.2) is 4.39 Å². The number of fused-ring (bicyclic) bond motifs is 4. The molecule has 0 aromatic carbocycles. The number of halogens is 2. The number of aliphatic hydroxyl groups excluding tert-OH is 1. The summed E-state index contributed by atoms with van der Waals surface area (Å²) in [6.07, 6.45) is 5.57. The molecule has 6 fully saturated rings. The molecule has 1 saturated heterocycles. The second-order valence-electron chi connectivity index (χ2n) is 11.3. The van der Waals surface area contributed by atoms with Crippen molar-refractivity contribution in [2.75, 3.05) is 13.2 Å². The normalized spacial score (nSPS) is 45.4. The van der Waals surface area contributed by atoms with Gasteiger partial charge in [-0.05, 0) is 57.8 Å². The Labute approximate surface area is 210 Å². The van der Waals surface area contributed by atoms with Crippen LogP contribution in [0.3, 0.4) is 0 Å². The van der Waals surface area contributed by atoms with Crippen LogP contribution in [0.15, 0.2) is 0 Å². The molecule has 2 bridgehead atoms.